The number of carbonyl (C=O) groups is 2. The van der Waals surface area contributed by atoms with Gasteiger partial charge in [-0.05, 0) is 13.8 Å². The van der Waals surface area contributed by atoms with Crippen LogP contribution >= 0.6 is 0 Å². The number of likely N-dealkylation sites (tertiary alicyclic amines) is 1. The largest absolute Gasteiger partial charge is 0.480 e. The molecule has 1 saturated heterocycles. The third-order valence-electron chi connectivity index (χ3n) is 3.18. The number of rotatable bonds is 2. The number of aliphatic hydroxyl groups excluding tert-OH is 2. The van der Waals surface area contributed by atoms with Crippen LogP contribution in [0.25, 0.3) is 0 Å². The molecule has 2 unspecified atom stereocenters. The quantitative estimate of drug-likeness (QED) is 0.576. The number of nitrogens with zero attached hydrogens (tertiary/aromatic N) is 2. The Hall–Kier alpha value is -1.34. The van der Waals surface area contributed by atoms with Crippen molar-refractivity contribution in [3.8, 4) is 0 Å². The predicted molar refractivity (Wildman–Crippen MR) is 58.5 cm³/mol. The SMILES string of the molecule is CN(C(=O)N1CC(O)C(O)C1)C(C)(C)C(=O)O. The highest BCUT2D eigenvalue weighted by molar-refractivity contribution is 5.85. The van der Waals surface area contributed by atoms with Crippen LogP contribution in [-0.4, -0.2) is 75.0 Å². The van der Waals surface area contributed by atoms with Gasteiger partial charge in [-0.15, -0.1) is 0 Å². The fraction of sp³-hybridized carbons (Fsp3) is 0.800. The van der Waals surface area contributed by atoms with E-state index in [0.717, 1.165) is 4.90 Å². The molecule has 1 heterocycles. The second-order valence-corrected chi connectivity index (χ2v) is 4.75. The van der Waals surface area contributed by atoms with Gasteiger partial charge in [0.15, 0.2) is 0 Å². The first-order valence-corrected chi connectivity index (χ1v) is 5.30. The lowest BCUT2D eigenvalue weighted by Gasteiger charge is -2.34. The molecule has 2 atom stereocenters. The van der Waals surface area contributed by atoms with Gasteiger partial charge in [-0.3, -0.25) is 0 Å². The average Bonchev–Trinajstić information content (AvgIpc) is 2.56. The smallest absolute Gasteiger partial charge is 0.329 e. The molecular formula is C10H18N2O5. The molecule has 1 rings (SSSR count). The number of carboxylic acid groups (broad SMARTS) is 1. The maximum Gasteiger partial charge on any atom is 0.329 e. The van der Waals surface area contributed by atoms with Crippen LogP contribution in [0.1, 0.15) is 13.8 Å². The number of β-amino-alcohol motifs (C(OH)–C–C–N with tert-alkyl or cyclic N) is 2. The lowest BCUT2D eigenvalue weighted by atomic mass is 10.0. The van der Waals surface area contributed by atoms with E-state index in [2.05, 4.69) is 0 Å². The van der Waals surface area contributed by atoms with Gasteiger partial charge in [0, 0.05) is 7.05 Å². The number of aliphatic hydroxyl groups is 2. The maximum absolute atomic E-state index is 12.0. The van der Waals surface area contributed by atoms with Crippen molar-refractivity contribution >= 4 is 12.0 Å². The first-order valence-electron chi connectivity index (χ1n) is 5.30. The summed E-state index contributed by atoms with van der Waals surface area (Å²) in [6.45, 7) is 2.85. The minimum atomic E-state index is -1.34. The molecule has 7 heteroatoms. The van der Waals surface area contributed by atoms with Gasteiger partial charge in [0.25, 0.3) is 0 Å². The van der Waals surface area contributed by atoms with Crippen molar-refractivity contribution in [2.75, 3.05) is 20.1 Å². The zero-order valence-corrected chi connectivity index (χ0v) is 10.1. The predicted octanol–water partition coefficient (Wildman–Crippen LogP) is -1.06. The molecule has 0 bridgehead atoms. The first kappa shape index (κ1) is 13.7. The molecule has 2 amide bonds. The number of hydrogen-bond donors (Lipinski definition) is 3. The highest BCUT2D eigenvalue weighted by Gasteiger charge is 2.40. The van der Waals surface area contributed by atoms with Crippen molar-refractivity contribution in [1.82, 2.24) is 9.80 Å². The van der Waals surface area contributed by atoms with Crippen molar-refractivity contribution < 1.29 is 24.9 Å². The topological polar surface area (TPSA) is 101 Å². The Labute approximate surface area is 99.2 Å². The van der Waals surface area contributed by atoms with E-state index in [1.165, 1.54) is 25.8 Å². The Balaban J connectivity index is 2.75. The molecule has 0 radical (unpaired) electrons. The third kappa shape index (κ3) is 2.50. The standard InChI is InChI=1S/C10H18N2O5/c1-10(2,8(15)16)11(3)9(17)12-4-6(13)7(14)5-12/h6-7,13-14H,4-5H2,1-3H3,(H,15,16). The van der Waals surface area contributed by atoms with Crippen molar-refractivity contribution in [3.05, 3.63) is 0 Å². The maximum atomic E-state index is 12.0. The minimum Gasteiger partial charge on any atom is -0.480 e. The molecule has 0 aromatic heterocycles. The molecule has 1 fully saturated rings. The highest BCUT2D eigenvalue weighted by Crippen LogP contribution is 2.18. The molecular weight excluding hydrogens is 228 g/mol. The van der Waals surface area contributed by atoms with Gasteiger partial charge in [0.2, 0.25) is 0 Å². The number of carbonyl (C=O) groups excluding carboxylic acids is 1. The molecule has 3 N–H and O–H groups in total. The lowest BCUT2D eigenvalue weighted by molar-refractivity contribution is -0.147. The summed E-state index contributed by atoms with van der Waals surface area (Å²) in [7, 11) is 1.38. The van der Waals surface area contributed by atoms with E-state index in [4.69, 9.17) is 5.11 Å². The molecule has 0 aromatic carbocycles. The van der Waals surface area contributed by atoms with Gasteiger partial charge in [-0.1, -0.05) is 0 Å². The van der Waals surface area contributed by atoms with Gasteiger partial charge in [-0.2, -0.15) is 0 Å². The molecule has 0 spiro atoms. The zero-order valence-electron chi connectivity index (χ0n) is 10.1. The van der Waals surface area contributed by atoms with Crippen LogP contribution in [0.4, 0.5) is 4.79 Å². The van der Waals surface area contributed by atoms with Crippen LogP contribution in [0.2, 0.25) is 0 Å². The molecule has 0 saturated carbocycles. The van der Waals surface area contributed by atoms with Crippen molar-refractivity contribution in [1.29, 1.82) is 0 Å². The van der Waals surface area contributed by atoms with Crippen LogP contribution in [0, 0.1) is 0 Å². The number of hydrogen-bond acceptors (Lipinski definition) is 4. The molecule has 1 aliphatic rings. The van der Waals surface area contributed by atoms with Gasteiger partial charge >= 0.3 is 12.0 Å². The average molecular weight is 246 g/mol. The van der Waals surface area contributed by atoms with Crippen LogP contribution in [0.15, 0.2) is 0 Å². The number of aliphatic carboxylic acids is 1. The Morgan fingerprint density at radius 2 is 1.65 bits per heavy atom. The second kappa shape index (κ2) is 4.50. The summed E-state index contributed by atoms with van der Waals surface area (Å²) in [5.74, 6) is -1.12. The summed E-state index contributed by atoms with van der Waals surface area (Å²) in [6, 6.07) is -0.520. The number of urea groups is 1. The number of carboxylic acids is 1. The molecule has 0 aromatic rings. The summed E-state index contributed by atoms with van der Waals surface area (Å²) < 4.78 is 0. The highest BCUT2D eigenvalue weighted by atomic mass is 16.4. The molecule has 0 aliphatic carbocycles. The second-order valence-electron chi connectivity index (χ2n) is 4.75. The van der Waals surface area contributed by atoms with Crippen LogP contribution in [0.3, 0.4) is 0 Å². The Bertz CT molecular complexity index is 321. The van der Waals surface area contributed by atoms with Crippen LogP contribution in [-0.2, 0) is 4.79 Å². The Kier molecular flexibility index (Phi) is 3.63. The first-order chi connectivity index (χ1) is 7.67. The number of likely N-dealkylation sites (N-methyl/N-ethyl adjacent to an activating group) is 1. The summed E-state index contributed by atoms with van der Waals surface area (Å²) in [5, 5.41) is 27.7. The van der Waals surface area contributed by atoms with Gasteiger partial charge in [0.05, 0.1) is 25.3 Å². The third-order valence-corrected chi connectivity index (χ3v) is 3.18. The van der Waals surface area contributed by atoms with Crippen LogP contribution in [0.5, 0.6) is 0 Å². The molecule has 7 nitrogen and oxygen atoms in total. The summed E-state index contributed by atoms with van der Waals surface area (Å²) in [5.41, 5.74) is -1.34. The van der Waals surface area contributed by atoms with E-state index in [1.54, 1.807) is 0 Å². The molecule has 98 valence electrons. The fourth-order valence-corrected chi connectivity index (χ4v) is 1.52. The number of amides is 2. The van der Waals surface area contributed by atoms with E-state index in [-0.39, 0.29) is 13.1 Å². The fourth-order valence-electron chi connectivity index (χ4n) is 1.52. The van der Waals surface area contributed by atoms with E-state index < -0.39 is 29.7 Å². The van der Waals surface area contributed by atoms with E-state index >= 15 is 0 Å². The summed E-state index contributed by atoms with van der Waals surface area (Å²) >= 11 is 0. The Morgan fingerprint density at radius 3 is 2.00 bits per heavy atom. The molecule has 1 aliphatic heterocycles. The van der Waals surface area contributed by atoms with E-state index in [1.807, 2.05) is 0 Å². The summed E-state index contributed by atoms with van der Waals surface area (Å²) in [6.07, 6.45) is -1.94. The minimum absolute atomic E-state index is 0.0139. The van der Waals surface area contributed by atoms with Gasteiger partial charge in [-0.25, -0.2) is 9.59 Å². The zero-order chi connectivity index (χ0) is 13.4. The normalized spacial score (nSPS) is 24.9. The monoisotopic (exact) mass is 246 g/mol. The lowest BCUT2D eigenvalue weighted by Crippen LogP contribution is -2.54. The van der Waals surface area contributed by atoms with Gasteiger partial charge in [0.1, 0.15) is 5.54 Å². The molecule has 17 heavy (non-hydrogen) atoms. The van der Waals surface area contributed by atoms with E-state index in [9.17, 15) is 19.8 Å². The van der Waals surface area contributed by atoms with Crippen molar-refractivity contribution in [2.45, 2.75) is 31.6 Å². The Morgan fingerprint density at radius 1 is 1.24 bits per heavy atom. The van der Waals surface area contributed by atoms with Crippen molar-refractivity contribution in [3.63, 3.8) is 0 Å². The summed E-state index contributed by atoms with van der Waals surface area (Å²) in [4.78, 5) is 25.3. The van der Waals surface area contributed by atoms with E-state index in [0.29, 0.717) is 0 Å². The van der Waals surface area contributed by atoms with Gasteiger partial charge < -0.3 is 25.1 Å². The van der Waals surface area contributed by atoms with Crippen LogP contribution < -0.4 is 0 Å². The van der Waals surface area contributed by atoms with Crippen molar-refractivity contribution in [2.24, 2.45) is 0 Å².